The Morgan fingerprint density at radius 3 is 2.06 bits per heavy atom. The van der Waals surface area contributed by atoms with Crippen molar-refractivity contribution in [3.05, 3.63) is 11.6 Å². The summed E-state index contributed by atoms with van der Waals surface area (Å²) in [4.78, 5) is 22.5. The maximum Gasteiger partial charge on any atom is 0.337 e. The Kier molecular flexibility index (Phi) is 5.21. The molecule has 0 saturated carbocycles. The Labute approximate surface area is 96.6 Å². The van der Waals surface area contributed by atoms with E-state index in [1.54, 1.807) is 40.7 Å². The van der Waals surface area contributed by atoms with Crippen LogP contribution in [-0.2, 0) is 19.1 Å². The first-order valence-electron chi connectivity index (χ1n) is 5.24. The molecule has 0 rings (SSSR count). The molecule has 0 heterocycles. The fraction of sp³-hybridized carbons (Fsp3) is 0.667. The van der Waals surface area contributed by atoms with Crippen molar-refractivity contribution < 1.29 is 19.1 Å². The molecule has 0 aliphatic rings. The first kappa shape index (κ1) is 14.7. The summed E-state index contributed by atoms with van der Waals surface area (Å²) in [5, 5.41) is 0. The van der Waals surface area contributed by atoms with E-state index in [0.29, 0.717) is 5.57 Å². The summed E-state index contributed by atoms with van der Waals surface area (Å²) in [6, 6.07) is 0. The standard InChI is InChI=1S/C12H20O4/c1-7-10(8(2)15-9(3)13)11(14)16-12(4,5)6/h7-8H,1-6H3/b10-7-/t8-/m1/s1. The largest absolute Gasteiger partial charge is 0.458 e. The molecule has 0 N–H and O–H groups in total. The highest BCUT2D eigenvalue weighted by Gasteiger charge is 2.24. The number of carbonyl (C=O) groups excluding carboxylic acids is 2. The Bertz CT molecular complexity index is 297. The second-order valence-corrected chi connectivity index (χ2v) is 4.50. The number of allylic oxidation sites excluding steroid dienone is 1. The van der Waals surface area contributed by atoms with Gasteiger partial charge in [0.1, 0.15) is 11.7 Å². The third kappa shape index (κ3) is 5.53. The Morgan fingerprint density at radius 2 is 1.75 bits per heavy atom. The monoisotopic (exact) mass is 228 g/mol. The van der Waals surface area contributed by atoms with Gasteiger partial charge in [-0.05, 0) is 34.6 Å². The zero-order valence-electron chi connectivity index (χ0n) is 10.8. The van der Waals surface area contributed by atoms with Gasteiger partial charge in [-0.2, -0.15) is 0 Å². The topological polar surface area (TPSA) is 52.6 Å². The maximum atomic E-state index is 11.7. The van der Waals surface area contributed by atoms with E-state index in [4.69, 9.17) is 9.47 Å². The SMILES string of the molecule is C/C=C(\C(=O)OC(C)(C)C)[C@@H](C)OC(C)=O. The van der Waals surface area contributed by atoms with Gasteiger partial charge in [0.15, 0.2) is 0 Å². The van der Waals surface area contributed by atoms with Gasteiger partial charge in [-0.3, -0.25) is 4.79 Å². The van der Waals surface area contributed by atoms with Crippen LogP contribution in [0.15, 0.2) is 11.6 Å². The van der Waals surface area contributed by atoms with Crippen molar-refractivity contribution >= 4 is 11.9 Å². The highest BCUT2D eigenvalue weighted by atomic mass is 16.6. The highest BCUT2D eigenvalue weighted by Crippen LogP contribution is 2.15. The predicted octanol–water partition coefficient (Wildman–Crippen LogP) is 2.23. The van der Waals surface area contributed by atoms with E-state index in [9.17, 15) is 9.59 Å². The van der Waals surface area contributed by atoms with E-state index in [2.05, 4.69) is 0 Å². The first-order valence-corrected chi connectivity index (χ1v) is 5.24. The van der Waals surface area contributed by atoms with Crippen LogP contribution in [0.2, 0.25) is 0 Å². The Morgan fingerprint density at radius 1 is 1.25 bits per heavy atom. The molecule has 0 amide bonds. The van der Waals surface area contributed by atoms with E-state index in [0.717, 1.165) is 0 Å². The summed E-state index contributed by atoms with van der Waals surface area (Å²) in [5.74, 6) is -0.876. The van der Waals surface area contributed by atoms with Gasteiger partial charge >= 0.3 is 11.9 Å². The quantitative estimate of drug-likeness (QED) is 0.549. The summed E-state index contributed by atoms with van der Waals surface area (Å²) in [6.45, 7) is 10.0. The van der Waals surface area contributed by atoms with Crippen molar-refractivity contribution in [2.45, 2.75) is 53.2 Å². The van der Waals surface area contributed by atoms with Gasteiger partial charge in [0.05, 0.1) is 5.57 Å². The van der Waals surface area contributed by atoms with E-state index >= 15 is 0 Å². The average Bonchev–Trinajstić information content (AvgIpc) is 1.99. The lowest BCUT2D eigenvalue weighted by Crippen LogP contribution is -2.29. The predicted molar refractivity (Wildman–Crippen MR) is 60.8 cm³/mol. The molecule has 0 saturated heterocycles. The minimum absolute atomic E-state index is 0.352. The number of rotatable bonds is 3. The van der Waals surface area contributed by atoms with Crippen molar-refractivity contribution in [1.29, 1.82) is 0 Å². The van der Waals surface area contributed by atoms with Gasteiger partial charge in [-0.15, -0.1) is 0 Å². The van der Waals surface area contributed by atoms with Crippen LogP contribution in [-0.4, -0.2) is 23.6 Å². The minimum Gasteiger partial charge on any atom is -0.458 e. The smallest absolute Gasteiger partial charge is 0.337 e. The van der Waals surface area contributed by atoms with Crippen LogP contribution in [0.1, 0.15) is 41.5 Å². The van der Waals surface area contributed by atoms with Crippen molar-refractivity contribution in [2.75, 3.05) is 0 Å². The van der Waals surface area contributed by atoms with E-state index in [-0.39, 0.29) is 0 Å². The molecule has 0 radical (unpaired) electrons. The third-order valence-corrected chi connectivity index (χ3v) is 1.73. The van der Waals surface area contributed by atoms with Crippen molar-refractivity contribution in [3.63, 3.8) is 0 Å². The third-order valence-electron chi connectivity index (χ3n) is 1.73. The molecule has 0 aromatic heterocycles. The van der Waals surface area contributed by atoms with Gasteiger partial charge in [-0.1, -0.05) is 6.08 Å². The van der Waals surface area contributed by atoms with E-state index < -0.39 is 23.6 Å². The van der Waals surface area contributed by atoms with Crippen molar-refractivity contribution in [3.8, 4) is 0 Å². The Balaban J connectivity index is 4.63. The number of hydrogen-bond acceptors (Lipinski definition) is 4. The molecule has 0 aromatic rings. The molecule has 4 heteroatoms. The van der Waals surface area contributed by atoms with Crippen LogP contribution in [0.4, 0.5) is 0 Å². The lowest BCUT2D eigenvalue weighted by atomic mass is 10.1. The lowest BCUT2D eigenvalue weighted by molar-refractivity contribution is -0.153. The number of esters is 2. The van der Waals surface area contributed by atoms with Crippen LogP contribution in [0.25, 0.3) is 0 Å². The molecule has 0 bridgehead atoms. The fourth-order valence-electron chi connectivity index (χ4n) is 1.17. The first-order chi connectivity index (χ1) is 7.17. The number of ether oxygens (including phenoxy) is 2. The van der Waals surface area contributed by atoms with E-state index in [1.807, 2.05) is 0 Å². The molecule has 0 spiro atoms. The maximum absolute atomic E-state index is 11.7. The molecule has 0 fully saturated rings. The van der Waals surface area contributed by atoms with Gasteiger partial charge in [-0.25, -0.2) is 4.79 Å². The molecule has 0 unspecified atom stereocenters. The number of hydrogen-bond donors (Lipinski definition) is 0. The molecule has 16 heavy (non-hydrogen) atoms. The molecule has 92 valence electrons. The second-order valence-electron chi connectivity index (χ2n) is 4.50. The second kappa shape index (κ2) is 5.68. The van der Waals surface area contributed by atoms with Crippen LogP contribution in [0, 0.1) is 0 Å². The molecule has 4 nitrogen and oxygen atoms in total. The van der Waals surface area contributed by atoms with Crippen LogP contribution in [0.5, 0.6) is 0 Å². The van der Waals surface area contributed by atoms with Crippen molar-refractivity contribution in [2.24, 2.45) is 0 Å². The van der Waals surface area contributed by atoms with Gasteiger partial charge in [0.2, 0.25) is 0 Å². The lowest BCUT2D eigenvalue weighted by Gasteiger charge is -2.22. The summed E-state index contributed by atoms with van der Waals surface area (Å²) < 4.78 is 10.1. The van der Waals surface area contributed by atoms with Crippen LogP contribution >= 0.6 is 0 Å². The zero-order chi connectivity index (χ0) is 12.9. The summed E-state index contributed by atoms with van der Waals surface area (Å²) >= 11 is 0. The molecule has 0 aliphatic carbocycles. The summed E-state index contributed by atoms with van der Waals surface area (Å²) in [5.41, 5.74) is -0.202. The van der Waals surface area contributed by atoms with Gasteiger partial charge in [0.25, 0.3) is 0 Å². The summed E-state index contributed by atoms with van der Waals surface area (Å²) in [6.07, 6.45) is 1.01. The highest BCUT2D eigenvalue weighted by molar-refractivity contribution is 5.90. The molecular weight excluding hydrogens is 208 g/mol. The number of carbonyl (C=O) groups is 2. The van der Waals surface area contributed by atoms with Crippen LogP contribution < -0.4 is 0 Å². The molecule has 0 aliphatic heterocycles. The average molecular weight is 228 g/mol. The summed E-state index contributed by atoms with van der Waals surface area (Å²) in [7, 11) is 0. The normalized spacial score (nSPS) is 14.2. The molecule has 0 aromatic carbocycles. The molecular formula is C12H20O4. The fourth-order valence-corrected chi connectivity index (χ4v) is 1.17. The zero-order valence-corrected chi connectivity index (χ0v) is 10.8. The van der Waals surface area contributed by atoms with E-state index in [1.165, 1.54) is 6.92 Å². The van der Waals surface area contributed by atoms with Crippen LogP contribution in [0.3, 0.4) is 0 Å². The minimum atomic E-state index is -0.586. The molecule has 1 atom stereocenters. The van der Waals surface area contributed by atoms with Gasteiger partial charge < -0.3 is 9.47 Å². The Hall–Kier alpha value is -1.32. The van der Waals surface area contributed by atoms with Crippen molar-refractivity contribution in [1.82, 2.24) is 0 Å². The van der Waals surface area contributed by atoms with Gasteiger partial charge in [0, 0.05) is 6.92 Å².